The van der Waals surface area contributed by atoms with Gasteiger partial charge < -0.3 is 18.9 Å². The summed E-state index contributed by atoms with van der Waals surface area (Å²) in [6.07, 6.45) is 0.361. The van der Waals surface area contributed by atoms with E-state index in [0.717, 1.165) is 32.7 Å². The van der Waals surface area contributed by atoms with Gasteiger partial charge >= 0.3 is 11.9 Å². The summed E-state index contributed by atoms with van der Waals surface area (Å²) < 4.78 is 24.5. The van der Waals surface area contributed by atoms with Gasteiger partial charge in [0.15, 0.2) is 0 Å². The van der Waals surface area contributed by atoms with E-state index < -0.39 is 12.2 Å². The summed E-state index contributed by atoms with van der Waals surface area (Å²) >= 11 is 0. The zero-order valence-corrected chi connectivity index (χ0v) is 25.7. The average Bonchev–Trinajstić information content (AvgIpc) is 3.05. The molecule has 226 valence electrons. The van der Waals surface area contributed by atoms with Crippen molar-refractivity contribution < 1.29 is 28.5 Å². The van der Waals surface area contributed by atoms with Crippen LogP contribution in [0.3, 0.4) is 0 Å². The van der Waals surface area contributed by atoms with Crippen molar-refractivity contribution in [2.75, 3.05) is 13.2 Å². The Labute approximate surface area is 258 Å². The highest BCUT2D eigenvalue weighted by molar-refractivity contribution is 6.11. The maximum atomic E-state index is 12.8. The van der Waals surface area contributed by atoms with Gasteiger partial charge in [0.25, 0.3) is 0 Å². The Bertz CT molecular complexity index is 1550. The number of carbonyl (C=O) groups is 2. The molecule has 0 fully saturated rings. The molecule has 5 aromatic rings. The first-order chi connectivity index (χ1) is 21.4. The van der Waals surface area contributed by atoms with E-state index in [0.29, 0.717) is 35.5 Å². The Morgan fingerprint density at radius 3 is 1.14 bits per heavy atom. The van der Waals surface area contributed by atoms with Crippen molar-refractivity contribution in [1.29, 1.82) is 0 Å². The first kappa shape index (κ1) is 30.6. The molecule has 0 saturated heterocycles. The van der Waals surface area contributed by atoms with Crippen LogP contribution < -0.4 is 9.47 Å². The molecule has 0 N–H and O–H groups in total. The minimum Gasteiger partial charge on any atom is -0.488 e. The van der Waals surface area contributed by atoms with Crippen molar-refractivity contribution in [2.24, 2.45) is 0 Å². The van der Waals surface area contributed by atoms with Gasteiger partial charge in [-0.1, -0.05) is 97.8 Å². The Morgan fingerprint density at radius 2 is 0.841 bits per heavy atom. The maximum absolute atomic E-state index is 12.8. The molecule has 0 aliphatic carbocycles. The van der Waals surface area contributed by atoms with Crippen molar-refractivity contribution >= 4 is 33.5 Å². The van der Waals surface area contributed by atoms with Gasteiger partial charge in [0.05, 0.1) is 11.1 Å². The quantitative estimate of drug-likeness (QED) is 0.107. The highest BCUT2D eigenvalue weighted by Crippen LogP contribution is 2.43. The number of esters is 2. The molecule has 0 heterocycles. The standard InChI is InChI=1S/C38H38O6/c1-5-29(43-37(39)27-19-15-25(3)16-20-27)23-41-35-31-11-7-9-13-33(31)36(34-14-10-8-12-32(34)35)42-24-30(6-2)44-38(40)28-21-17-26(4)18-22-28/h7-22,29-30H,5-6,23-24H2,1-4H3. The molecule has 6 nitrogen and oxygen atoms in total. The predicted octanol–water partition coefficient (Wildman–Crippen LogP) is 8.64. The summed E-state index contributed by atoms with van der Waals surface area (Å²) in [5.41, 5.74) is 3.19. The van der Waals surface area contributed by atoms with Crippen LogP contribution in [0.25, 0.3) is 21.5 Å². The number of ether oxygens (including phenoxy) is 4. The van der Waals surface area contributed by atoms with Crippen molar-refractivity contribution in [1.82, 2.24) is 0 Å². The lowest BCUT2D eigenvalue weighted by atomic mass is 10.0. The van der Waals surface area contributed by atoms with E-state index in [9.17, 15) is 9.59 Å². The van der Waals surface area contributed by atoms with Crippen LogP contribution in [0.1, 0.15) is 58.5 Å². The van der Waals surface area contributed by atoms with Crippen molar-refractivity contribution in [3.05, 3.63) is 119 Å². The van der Waals surface area contributed by atoms with E-state index in [1.165, 1.54) is 0 Å². The first-order valence-corrected chi connectivity index (χ1v) is 15.1. The molecule has 0 aromatic heterocycles. The molecule has 0 spiro atoms. The second kappa shape index (κ2) is 14.1. The fourth-order valence-electron chi connectivity index (χ4n) is 5.00. The summed E-state index contributed by atoms with van der Waals surface area (Å²) in [5, 5.41) is 3.52. The Kier molecular flexibility index (Phi) is 9.80. The number of fused-ring (bicyclic) bond motifs is 2. The van der Waals surface area contributed by atoms with E-state index in [1.807, 2.05) is 100 Å². The highest BCUT2D eigenvalue weighted by Gasteiger charge is 2.21. The minimum absolute atomic E-state index is 0.204. The van der Waals surface area contributed by atoms with E-state index in [4.69, 9.17) is 18.9 Å². The van der Waals surface area contributed by atoms with Crippen molar-refractivity contribution in [3.63, 3.8) is 0 Å². The van der Waals surface area contributed by atoms with Crippen LogP contribution in [0.5, 0.6) is 11.5 Å². The van der Waals surface area contributed by atoms with Gasteiger partial charge in [0.1, 0.15) is 36.9 Å². The lowest BCUT2D eigenvalue weighted by molar-refractivity contribution is 0.0159. The number of rotatable bonds is 12. The molecule has 44 heavy (non-hydrogen) atoms. The fourth-order valence-corrected chi connectivity index (χ4v) is 5.00. The van der Waals surface area contributed by atoms with Gasteiger partial charge in [-0.25, -0.2) is 9.59 Å². The zero-order valence-electron chi connectivity index (χ0n) is 25.7. The van der Waals surface area contributed by atoms with E-state index in [1.54, 1.807) is 24.3 Å². The SMILES string of the molecule is CCC(COc1c2ccccc2c(OCC(CC)OC(=O)c2ccc(C)cc2)c2ccccc12)OC(=O)c1ccc(C)cc1. The molecule has 0 bridgehead atoms. The van der Waals surface area contributed by atoms with E-state index in [-0.39, 0.29) is 25.2 Å². The van der Waals surface area contributed by atoms with Gasteiger partial charge in [-0.15, -0.1) is 0 Å². The van der Waals surface area contributed by atoms with Crippen LogP contribution >= 0.6 is 0 Å². The highest BCUT2D eigenvalue weighted by atomic mass is 16.6. The molecule has 5 rings (SSSR count). The molecule has 0 amide bonds. The van der Waals surface area contributed by atoms with Gasteiger partial charge in [0, 0.05) is 21.5 Å². The Balaban J connectivity index is 1.37. The third kappa shape index (κ3) is 7.03. The predicted molar refractivity (Wildman–Crippen MR) is 174 cm³/mol. The molecule has 5 aromatic carbocycles. The van der Waals surface area contributed by atoms with Crippen LogP contribution in [0, 0.1) is 13.8 Å². The largest absolute Gasteiger partial charge is 0.488 e. The fraction of sp³-hybridized carbons (Fsp3) is 0.263. The molecule has 2 unspecified atom stereocenters. The number of aryl methyl sites for hydroxylation is 2. The van der Waals surface area contributed by atoms with Crippen molar-refractivity contribution in [2.45, 2.75) is 52.7 Å². The van der Waals surface area contributed by atoms with Gasteiger partial charge in [0.2, 0.25) is 0 Å². The van der Waals surface area contributed by atoms with Crippen molar-refractivity contribution in [3.8, 4) is 11.5 Å². The Morgan fingerprint density at radius 1 is 0.523 bits per heavy atom. The number of hydrogen-bond donors (Lipinski definition) is 0. The summed E-state index contributed by atoms with van der Waals surface area (Å²) in [6.45, 7) is 8.31. The molecular weight excluding hydrogens is 552 g/mol. The molecule has 6 heteroatoms. The normalized spacial score (nSPS) is 12.5. The van der Waals surface area contributed by atoms with Crippen LogP contribution in [-0.2, 0) is 9.47 Å². The lowest BCUT2D eigenvalue weighted by Gasteiger charge is -2.22. The van der Waals surface area contributed by atoms with Gasteiger partial charge in [-0.3, -0.25) is 0 Å². The summed E-state index contributed by atoms with van der Waals surface area (Å²) in [5.74, 6) is 0.664. The summed E-state index contributed by atoms with van der Waals surface area (Å²) in [6, 6.07) is 30.5. The summed E-state index contributed by atoms with van der Waals surface area (Å²) in [7, 11) is 0. The average molecular weight is 591 g/mol. The lowest BCUT2D eigenvalue weighted by Crippen LogP contribution is -2.25. The minimum atomic E-state index is -0.425. The molecule has 0 aliphatic rings. The topological polar surface area (TPSA) is 71.1 Å². The van der Waals surface area contributed by atoms with Crippen LogP contribution in [-0.4, -0.2) is 37.4 Å². The second-order valence-electron chi connectivity index (χ2n) is 11.0. The monoisotopic (exact) mass is 590 g/mol. The smallest absolute Gasteiger partial charge is 0.338 e. The molecular formula is C38H38O6. The maximum Gasteiger partial charge on any atom is 0.338 e. The first-order valence-electron chi connectivity index (χ1n) is 15.1. The second-order valence-corrected chi connectivity index (χ2v) is 11.0. The van der Waals surface area contributed by atoms with Crippen LogP contribution in [0.15, 0.2) is 97.1 Å². The van der Waals surface area contributed by atoms with Crippen LogP contribution in [0.2, 0.25) is 0 Å². The summed E-state index contributed by atoms with van der Waals surface area (Å²) in [4.78, 5) is 25.6. The third-order valence-corrected chi connectivity index (χ3v) is 7.69. The number of hydrogen-bond acceptors (Lipinski definition) is 6. The third-order valence-electron chi connectivity index (χ3n) is 7.69. The molecule has 0 aliphatic heterocycles. The zero-order chi connectivity index (χ0) is 31.1. The van der Waals surface area contributed by atoms with E-state index >= 15 is 0 Å². The van der Waals surface area contributed by atoms with Gasteiger partial charge in [-0.2, -0.15) is 0 Å². The molecule has 2 atom stereocenters. The molecule has 0 saturated carbocycles. The van der Waals surface area contributed by atoms with Gasteiger partial charge in [-0.05, 0) is 51.0 Å². The Hall–Kier alpha value is -4.84. The molecule has 0 radical (unpaired) electrons. The van der Waals surface area contributed by atoms with E-state index in [2.05, 4.69) is 0 Å². The number of carbonyl (C=O) groups excluding carboxylic acids is 2. The number of benzene rings is 5. The van der Waals surface area contributed by atoms with Crippen LogP contribution in [0.4, 0.5) is 0 Å².